The maximum atomic E-state index is 13.6. The predicted molar refractivity (Wildman–Crippen MR) is 152 cm³/mol. The second kappa shape index (κ2) is 13.0. The molecule has 1 aliphatic rings. The number of carbonyl (C=O) groups is 3. The van der Waals surface area contributed by atoms with Crippen LogP contribution >= 0.6 is 11.3 Å². The summed E-state index contributed by atoms with van der Waals surface area (Å²) in [6, 6.07) is 4.61. The number of hydrogen-bond donors (Lipinski definition) is 2. The molecule has 0 fully saturated rings. The van der Waals surface area contributed by atoms with Gasteiger partial charge >= 0.3 is 0 Å². The molecule has 0 saturated carbocycles. The molecule has 12 heteroatoms. The molecular weight excluding hydrogens is 530 g/mol. The minimum absolute atomic E-state index is 0.115. The third-order valence-corrected chi connectivity index (χ3v) is 7.99. The van der Waals surface area contributed by atoms with Gasteiger partial charge in [0.05, 0.1) is 35.6 Å². The first kappa shape index (κ1) is 29.2. The Morgan fingerprint density at radius 2 is 1.98 bits per heavy atom. The number of aromatic nitrogens is 4. The van der Waals surface area contributed by atoms with E-state index in [1.807, 2.05) is 32.2 Å². The van der Waals surface area contributed by atoms with Crippen molar-refractivity contribution in [3.8, 4) is 5.75 Å². The lowest BCUT2D eigenvalue weighted by Crippen LogP contribution is -2.45. The Morgan fingerprint density at radius 3 is 2.73 bits per heavy atom. The van der Waals surface area contributed by atoms with Gasteiger partial charge < -0.3 is 20.3 Å². The number of hydrogen-bond acceptors (Lipinski definition) is 8. The molecule has 40 heavy (non-hydrogen) atoms. The van der Waals surface area contributed by atoms with E-state index in [1.165, 1.54) is 11.3 Å². The fourth-order valence-corrected chi connectivity index (χ4v) is 5.33. The Morgan fingerprint density at radius 1 is 1.18 bits per heavy atom. The zero-order valence-electron chi connectivity index (χ0n) is 23.7. The van der Waals surface area contributed by atoms with Crippen LogP contribution in [0.25, 0.3) is 0 Å². The number of rotatable bonds is 2. The first-order valence-corrected chi connectivity index (χ1v) is 14.4. The molecule has 0 radical (unpaired) electrons. The van der Waals surface area contributed by atoms with Gasteiger partial charge in [-0.3, -0.25) is 19.1 Å². The molecular formula is C28H37N7O4S. The molecule has 3 amide bonds. The SMILES string of the molecule is Cc1ccc2c(c1)OCCCn1cc(nn1)CN(C(=O)c1sc(C(C)C)nc1C)CCCNC(=O)[C@@H](C)NC2=O. The van der Waals surface area contributed by atoms with Crippen LogP contribution in [0.4, 0.5) is 0 Å². The summed E-state index contributed by atoms with van der Waals surface area (Å²) >= 11 is 1.42. The second-order valence-corrected chi connectivity index (χ2v) is 11.4. The molecule has 4 rings (SSSR count). The lowest BCUT2D eigenvalue weighted by atomic mass is 10.1. The lowest BCUT2D eigenvalue weighted by molar-refractivity contribution is -0.122. The average molecular weight is 568 g/mol. The Balaban J connectivity index is 1.54. The summed E-state index contributed by atoms with van der Waals surface area (Å²) in [5.41, 5.74) is 2.72. The van der Waals surface area contributed by atoms with Crippen molar-refractivity contribution >= 4 is 29.1 Å². The maximum absolute atomic E-state index is 13.6. The average Bonchev–Trinajstić information content (AvgIpc) is 3.53. The summed E-state index contributed by atoms with van der Waals surface area (Å²) in [5.74, 6) is -0.102. The highest BCUT2D eigenvalue weighted by atomic mass is 32.1. The molecule has 2 bridgehead atoms. The van der Waals surface area contributed by atoms with E-state index in [-0.39, 0.29) is 30.2 Å². The Bertz CT molecular complexity index is 1370. The Kier molecular flexibility index (Phi) is 9.51. The minimum atomic E-state index is -0.745. The third kappa shape index (κ3) is 7.23. The molecule has 2 N–H and O–H groups in total. The van der Waals surface area contributed by atoms with Gasteiger partial charge in [0.15, 0.2) is 0 Å². The van der Waals surface area contributed by atoms with Crippen LogP contribution in [0.2, 0.25) is 0 Å². The van der Waals surface area contributed by atoms with Crippen LogP contribution < -0.4 is 15.4 Å². The summed E-state index contributed by atoms with van der Waals surface area (Å²) in [7, 11) is 0. The van der Waals surface area contributed by atoms with Crippen molar-refractivity contribution in [1.29, 1.82) is 0 Å². The predicted octanol–water partition coefficient (Wildman–Crippen LogP) is 3.22. The number of nitrogens with zero attached hydrogens (tertiary/aromatic N) is 5. The normalized spacial score (nSPS) is 17.6. The van der Waals surface area contributed by atoms with Gasteiger partial charge in [-0.1, -0.05) is 25.1 Å². The van der Waals surface area contributed by atoms with Crippen molar-refractivity contribution in [1.82, 2.24) is 35.5 Å². The summed E-state index contributed by atoms with van der Waals surface area (Å²) < 4.78 is 7.69. The molecule has 1 atom stereocenters. The summed E-state index contributed by atoms with van der Waals surface area (Å²) in [4.78, 5) is 46.2. The number of fused-ring (bicyclic) bond motifs is 3. The van der Waals surface area contributed by atoms with E-state index in [0.29, 0.717) is 66.7 Å². The van der Waals surface area contributed by atoms with Crippen LogP contribution in [-0.4, -0.2) is 68.3 Å². The van der Waals surface area contributed by atoms with Crippen LogP contribution in [0.5, 0.6) is 5.75 Å². The number of aryl methyl sites for hydroxylation is 3. The first-order chi connectivity index (χ1) is 19.1. The van der Waals surface area contributed by atoms with E-state index in [4.69, 9.17) is 4.74 Å². The van der Waals surface area contributed by atoms with Crippen molar-refractivity contribution in [2.75, 3.05) is 19.7 Å². The smallest absolute Gasteiger partial charge is 0.266 e. The molecule has 11 nitrogen and oxygen atoms in total. The summed E-state index contributed by atoms with van der Waals surface area (Å²) in [6.07, 6.45) is 3.00. The van der Waals surface area contributed by atoms with Crippen LogP contribution in [0, 0.1) is 13.8 Å². The maximum Gasteiger partial charge on any atom is 0.266 e. The van der Waals surface area contributed by atoms with E-state index >= 15 is 0 Å². The van der Waals surface area contributed by atoms with Gasteiger partial charge in [0.2, 0.25) is 5.91 Å². The quantitative estimate of drug-likeness (QED) is 0.486. The van der Waals surface area contributed by atoms with E-state index in [1.54, 1.807) is 22.6 Å². The summed E-state index contributed by atoms with van der Waals surface area (Å²) in [6.45, 7) is 11.5. The zero-order valence-corrected chi connectivity index (χ0v) is 24.5. The molecule has 0 unspecified atom stereocenters. The lowest BCUT2D eigenvalue weighted by Gasteiger charge is -2.22. The number of benzene rings is 1. The highest BCUT2D eigenvalue weighted by Gasteiger charge is 2.24. The van der Waals surface area contributed by atoms with E-state index in [9.17, 15) is 14.4 Å². The number of ether oxygens (including phenoxy) is 1. The molecule has 0 spiro atoms. The highest BCUT2D eigenvalue weighted by molar-refractivity contribution is 7.13. The standard InChI is InChI=1S/C28H37N7O4S/c1-17(2)27-31-19(4)24(40-27)28(38)34-11-6-10-29-25(36)20(5)30-26(37)22-9-8-18(3)14-23(22)39-13-7-12-35-16-21(15-34)32-33-35/h8-9,14,16-17,20H,6-7,10-13,15H2,1-5H3,(H,29,36)(H,30,37)/t20-/m1/s1. The molecule has 3 aromatic rings. The van der Waals surface area contributed by atoms with Crippen molar-refractivity contribution in [3.05, 3.63) is 56.8 Å². The fraction of sp³-hybridized carbons (Fsp3) is 0.500. The molecule has 1 aliphatic heterocycles. The van der Waals surface area contributed by atoms with Crippen LogP contribution in [0.3, 0.4) is 0 Å². The van der Waals surface area contributed by atoms with E-state index in [0.717, 1.165) is 10.6 Å². The van der Waals surface area contributed by atoms with Gasteiger partial charge in [-0.05, 0) is 44.9 Å². The largest absolute Gasteiger partial charge is 0.493 e. The molecule has 214 valence electrons. The van der Waals surface area contributed by atoms with Crippen LogP contribution in [0.1, 0.15) is 81.5 Å². The van der Waals surface area contributed by atoms with Crippen molar-refractivity contribution < 1.29 is 19.1 Å². The van der Waals surface area contributed by atoms with Gasteiger partial charge in [-0.15, -0.1) is 16.4 Å². The van der Waals surface area contributed by atoms with Crippen LogP contribution in [0.15, 0.2) is 24.4 Å². The highest BCUT2D eigenvalue weighted by Crippen LogP contribution is 2.26. The number of amides is 3. The Hall–Kier alpha value is -3.80. The van der Waals surface area contributed by atoms with Gasteiger partial charge in [0.1, 0.15) is 22.4 Å². The van der Waals surface area contributed by atoms with Crippen LogP contribution in [-0.2, 0) is 17.9 Å². The molecule has 0 aliphatic carbocycles. The van der Waals surface area contributed by atoms with E-state index < -0.39 is 6.04 Å². The van der Waals surface area contributed by atoms with Gasteiger partial charge in [-0.2, -0.15) is 0 Å². The third-order valence-electron chi connectivity index (χ3n) is 6.54. The minimum Gasteiger partial charge on any atom is -0.493 e. The molecule has 2 aromatic heterocycles. The van der Waals surface area contributed by atoms with Crippen molar-refractivity contribution in [2.45, 2.75) is 72.5 Å². The van der Waals surface area contributed by atoms with Crippen molar-refractivity contribution in [2.24, 2.45) is 0 Å². The van der Waals surface area contributed by atoms with Gasteiger partial charge in [0.25, 0.3) is 11.8 Å². The Labute approximate surface area is 238 Å². The van der Waals surface area contributed by atoms with Gasteiger partial charge in [0, 0.05) is 32.0 Å². The van der Waals surface area contributed by atoms with Gasteiger partial charge in [-0.25, -0.2) is 4.98 Å². The number of nitrogens with one attached hydrogen (secondary N) is 2. The topological polar surface area (TPSA) is 131 Å². The van der Waals surface area contributed by atoms with E-state index in [2.05, 4.69) is 39.8 Å². The number of thiazole rings is 1. The fourth-order valence-electron chi connectivity index (χ4n) is 4.29. The number of carbonyl (C=O) groups excluding carboxylic acids is 3. The first-order valence-electron chi connectivity index (χ1n) is 13.6. The van der Waals surface area contributed by atoms with Crippen molar-refractivity contribution in [3.63, 3.8) is 0 Å². The molecule has 1 aromatic carbocycles. The summed E-state index contributed by atoms with van der Waals surface area (Å²) in [5, 5.41) is 15.1. The molecule has 0 saturated heterocycles. The second-order valence-electron chi connectivity index (χ2n) is 10.4. The molecule has 3 heterocycles. The zero-order chi connectivity index (χ0) is 28.8. The monoisotopic (exact) mass is 567 g/mol.